The summed E-state index contributed by atoms with van der Waals surface area (Å²) in [4.78, 5) is 2.68. The van der Waals surface area contributed by atoms with Crippen molar-refractivity contribution in [2.75, 3.05) is 33.4 Å². The van der Waals surface area contributed by atoms with Gasteiger partial charge in [-0.2, -0.15) is 0 Å². The van der Waals surface area contributed by atoms with Crippen LogP contribution in [0.4, 0.5) is 0 Å². The number of hydrogen-bond donors (Lipinski definition) is 1. The van der Waals surface area contributed by atoms with Crippen molar-refractivity contribution in [3.05, 3.63) is 0 Å². The number of likely N-dealkylation sites (tertiary alicyclic amines) is 1. The maximum Gasteiger partial charge on any atom is 0.0503 e. The molecule has 1 saturated carbocycles. The van der Waals surface area contributed by atoms with Gasteiger partial charge in [0.15, 0.2) is 0 Å². The lowest BCUT2D eigenvalue weighted by atomic mass is 9.74. The minimum atomic E-state index is 0.314. The fourth-order valence-corrected chi connectivity index (χ4v) is 3.91. The third-order valence-corrected chi connectivity index (χ3v) is 5.35. The van der Waals surface area contributed by atoms with Crippen LogP contribution in [0.5, 0.6) is 0 Å². The predicted octanol–water partition coefficient (Wildman–Crippen LogP) is 2.25. The van der Waals surface area contributed by atoms with E-state index in [4.69, 9.17) is 10.5 Å². The third-order valence-electron chi connectivity index (χ3n) is 5.35. The first kappa shape index (κ1) is 14.3. The normalized spacial score (nSPS) is 38.2. The van der Waals surface area contributed by atoms with Crippen molar-refractivity contribution in [3.8, 4) is 0 Å². The van der Waals surface area contributed by atoms with Gasteiger partial charge in [-0.3, -0.25) is 4.90 Å². The SMILES string of the molecule is CCC1CCC(CN)(N2CCC(COC)C2)CC1. The Morgan fingerprint density at radius 1 is 1.22 bits per heavy atom. The van der Waals surface area contributed by atoms with Crippen LogP contribution in [0.15, 0.2) is 0 Å². The van der Waals surface area contributed by atoms with Crippen molar-refractivity contribution in [3.63, 3.8) is 0 Å². The Kier molecular flexibility index (Phi) is 5.05. The number of methoxy groups -OCH3 is 1. The van der Waals surface area contributed by atoms with E-state index in [1.54, 1.807) is 0 Å². The molecule has 0 amide bonds. The van der Waals surface area contributed by atoms with Crippen LogP contribution in [-0.4, -0.2) is 43.8 Å². The van der Waals surface area contributed by atoms with Gasteiger partial charge in [-0.05, 0) is 50.5 Å². The van der Waals surface area contributed by atoms with E-state index < -0.39 is 0 Å². The lowest BCUT2D eigenvalue weighted by Crippen LogP contribution is -2.54. The Morgan fingerprint density at radius 3 is 2.50 bits per heavy atom. The maximum absolute atomic E-state index is 6.15. The van der Waals surface area contributed by atoms with Crippen LogP contribution >= 0.6 is 0 Å². The smallest absolute Gasteiger partial charge is 0.0503 e. The highest BCUT2D eigenvalue weighted by Crippen LogP contribution is 2.39. The monoisotopic (exact) mass is 254 g/mol. The summed E-state index contributed by atoms with van der Waals surface area (Å²) in [6, 6.07) is 0. The molecule has 2 rings (SSSR count). The van der Waals surface area contributed by atoms with Gasteiger partial charge in [-0.15, -0.1) is 0 Å². The van der Waals surface area contributed by atoms with Gasteiger partial charge in [0.05, 0.1) is 6.61 Å². The second-order valence-electron chi connectivity index (χ2n) is 6.34. The Bertz CT molecular complexity index is 249. The molecular weight excluding hydrogens is 224 g/mol. The average Bonchev–Trinajstić information content (AvgIpc) is 2.88. The molecule has 0 spiro atoms. The van der Waals surface area contributed by atoms with E-state index in [1.165, 1.54) is 51.6 Å². The Morgan fingerprint density at radius 2 is 1.94 bits per heavy atom. The van der Waals surface area contributed by atoms with Crippen molar-refractivity contribution in [2.24, 2.45) is 17.6 Å². The summed E-state index contributed by atoms with van der Waals surface area (Å²) in [6.07, 6.45) is 7.99. The molecule has 1 atom stereocenters. The minimum Gasteiger partial charge on any atom is -0.384 e. The summed E-state index contributed by atoms with van der Waals surface area (Å²) in [6.45, 7) is 6.49. The molecule has 0 bridgehead atoms. The van der Waals surface area contributed by atoms with Crippen LogP contribution in [0.1, 0.15) is 45.4 Å². The summed E-state index contributed by atoms with van der Waals surface area (Å²) in [5, 5.41) is 0. The summed E-state index contributed by atoms with van der Waals surface area (Å²) < 4.78 is 5.30. The Balaban J connectivity index is 1.93. The molecule has 2 aliphatic rings. The summed E-state index contributed by atoms with van der Waals surface area (Å²) >= 11 is 0. The van der Waals surface area contributed by atoms with Crippen molar-refractivity contribution in [2.45, 2.75) is 51.0 Å². The van der Waals surface area contributed by atoms with Gasteiger partial charge in [-0.1, -0.05) is 13.3 Å². The minimum absolute atomic E-state index is 0.314. The quantitative estimate of drug-likeness (QED) is 0.818. The fraction of sp³-hybridized carbons (Fsp3) is 1.00. The van der Waals surface area contributed by atoms with Gasteiger partial charge in [0.1, 0.15) is 0 Å². The Labute approximate surface area is 112 Å². The number of nitrogens with zero attached hydrogens (tertiary/aromatic N) is 1. The first-order valence-corrected chi connectivity index (χ1v) is 7.68. The highest BCUT2D eigenvalue weighted by molar-refractivity contribution is 4.98. The van der Waals surface area contributed by atoms with Crippen molar-refractivity contribution in [1.82, 2.24) is 4.90 Å². The molecule has 0 radical (unpaired) electrons. The maximum atomic E-state index is 6.15. The zero-order chi connectivity index (χ0) is 13.0. The number of ether oxygens (including phenoxy) is 1. The van der Waals surface area contributed by atoms with E-state index in [0.717, 1.165) is 25.0 Å². The second kappa shape index (κ2) is 6.36. The molecule has 0 aromatic carbocycles. The molecular formula is C15H30N2O. The van der Waals surface area contributed by atoms with Crippen LogP contribution < -0.4 is 5.73 Å². The van der Waals surface area contributed by atoms with Gasteiger partial charge in [0.2, 0.25) is 0 Å². The largest absolute Gasteiger partial charge is 0.384 e. The molecule has 18 heavy (non-hydrogen) atoms. The van der Waals surface area contributed by atoms with Crippen LogP contribution in [0.2, 0.25) is 0 Å². The topological polar surface area (TPSA) is 38.5 Å². The molecule has 2 N–H and O–H groups in total. The summed E-state index contributed by atoms with van der Waals surface area (Å²) in [5.41, 5.74) is 6.47. The van der Waals surface area contributed by atoms with Crippen LogP contribution in [0, 0.1) is 11.8 Å². The van der Waals surface area contributed by atoms with E-state index in [1.807, 2.05) is 7.11 Å². The number of hydrogen-bond acceptors (Lipinski definition) is 3. The highest BCUT2D eigenvalue weighted by Gasteiger charge is 2.41. The van der Waals surface area contributed by atoms with E-state index >= 15 is 0 Å². The van der Waals surface area contributed by atoms with E-state index in [2.05, 4.69) is 11.8 Å². The first-order chi connectivity index (χ1) is 8.74. The molecule has 106 valence electrons. The van der Waals surface area contributed by atoms with E-state index in [0.29, 0.717) is 5.54 Å². The van der Waals surface area contributed by atoms with Crippen molar-refractivity contribution >= 4 is 0 Å². The fourth-order valence-electron chi connectivity index (χ4n) is 3.91. The molecule has 0 aromatic heterocycles. The van der Waals surface area contributed by atoms with Gasteiger partial charge in [-0.25, -0.2) is 0 Å². The second-order valence-corrected chi connectivity index (χ2v) is 6.34. The first-order valence-electron chi connectivity index (χ1n) is 7.68. The molecule has 1 aliphatic carbocycles. The molecule has 1 heterocycles. The van der Waals surface area contributed by atoms with Gasteiger partial charge >= 0.3 is 0 Å². The average molecular weight is 254 g/mol. The lowest BCUT2D eigenvalue weighted by Gasteiger charge is -2.46. The van der Waals surface area contributed by atoms with Gasteiger partial charge < -0.3 is 10.5 Å². The Hall–Kier alpha value is -0.120. The number of rotatable bonds is 5. The summed E-state index contributed by atoms with van der Waals surface area (Å²) in [7, 11) is 1.81. The van der Waals surface area contributed by atoms with Gasteiger partial charge in [0.25, 0.3) is 0 Å². The molecule has 1 unspecified atom stereocenters. The van der Waals surface area contributed by atoms with Crippen LogP contribution in [-0.2, 0) is 4.74 Å². The highest BCUT2D eigenvalue weighted by atomic mass is 16.5. The molecule has 3 nitrogen and oxygen atoms in total. The predicted molar refractivity (Wildman–Crippen MR) is 75.6 cm³/mol. The molecule has 1 saturated heterocycles. The third kappa shape index (κ3) is 2.89. The van der Waals surface area contributed by atoms with E-state index in [9.17, 15) is 0 Å². The zero-order valence-electron chi connectivity index (χ0n) is 12.2. The summed E-state index contributed by atoms with van der Waals surface area (Å²) in [5.74, 6) is 1.67. The number of nitrogens with two attached hydrogens (primary N) is 1. The van der Waals surface area contributed by atoms with Gasteiger partial charge in [0, 0.05) is 25.7 Å². The molecule has 0 aromatic rings. The lowest BCUT2D eigenvalue weighted by molar-refractivity contribution is 0.0538. The van der Waals surface area contributed by atoms with E-state index in [-0.39, 0.29) is 0 Å². The molecule has 2 fully saturated rings. The molecule has 1 aliphatic heterocycles. The van der Waals surface area contributed by atoms with Crippen molar-refractivity contribution in [1.29, 1.82) is 0 Å². The van der Waals surface area contributed by atoms with Crippen LogP contribution in [0.25, 0.3) is 0 Å². The zero-order valence-corrected chi connectivity index (χ0v) is 12.2. The standard InChI is InChI=1S/C15H30N2O/c1-3-13-4-7-15(12-16,8-5-13)17-9-6-14(10-17)11-18-2/h13-14H,3-12,16H2,1-2H3. The van der Waals surface area contributed by atoms with Crippen LogP contribution in [0.3, 0.4) is 0 Å². The van der Waals surface area contributed by atoms with Crippen molar-refractivity contribution < 1.29 is 4.74 Å². The molecule has 3 heteroatoms.